The van der Waals surface area contributed by atoms with Crippen LogP contribution in [0.2, 0.25) is 0 Å². The third-order valence-corrected chi connectivity index (χ3v) is 4.19. The first-order valence-corrected chi connectivity index (χ1v) is 9.32. The summed E-state index contributed by atoms with van der Waals surface area (Å²) in [4.78, 5) is 4.68. The number of aliphatic imine (C=N–C) groups is 1. The van der Waals surface area contributed by atoms with Crippen LogP contribution in [0.15, 0.2) is 47.5 Å². The number of rotatable bonds is 6. The molecule has 7 heteroatoms. The summed E-state index contributed by atoms with van der Waals surface area (Å²) in [5.41, 5.74) is 2.25. The maximum absolute atomic E-state index is 5.75. The van der Waals surface area contributed by atoms with E-state index < -0.39 is 0 Å². The molecule has 3 rings (SSSR count). The van der Waals surface area contributed by atoms with Gasteiger partial charge in [-0.15, -0.1) is 24.0 Å². The van der Waals surface area contributed by atoms with Gasteiger partial charge in [0.1, 0.15) is 5.75 Å². The first-order valence-electron chi connectivity index (χ1n) is 9.32. The predicted octanol–water partition coefficient (Wildman–Crippen LogP) is 3.73. The monoisotopic (exact) mass is 497 g/mol. The predicted molar refractivity (Wildman–Crippen MR) is 122 cm³/mol. The molecular formula is C21H28IN3O3. The third-order valence-electron chi connectivity index (χ3n) is 4.19. The first kappa shape index (κ1) is 22.1. The van der Waals surface area contributed by atoms with Crippen LogP contribution in [-0.2, 0) is 13.1 Å². The van der Waals surface area contributed by atoms with Crippen molar-refractivity contribution >= 4 is 29.9 Å². The van der Waals surface area contributed by atoms with Crippen molar-refractivity contribution < 1.29 is 14.2 Å². The molecule has 0 atom stereocenters. The van der Waals surface area contributed by atoms with Crippen molar-refractivity contribution in [1.82, 2.24) is 10.6 Å². The minimum atomic E-state index is 0. The lowest BCUT2D eigenvalue weighted by molar-refractivity contribution is 0.297. The van der Waals surface area contributed by atoms with E-state index in [2.05, 4.69) is 22.5 Å². The average Bonchev–Trinajstić information content (AvgIpc) is 2.95. The topological polar surface area (TPSA) is 64.1 Å². The Hall–Kier alpha value is -2.16. The number of methoxy groups -OCH3 is 1. The molecule has 0 radical (unpaired) electrons. The van der Waals surface area contributed by atoms with Crippen molar-refractivity contribution in [3.05, 3.63) is 53.6 Å². The van der Waals surface area contributed by atoms with E-state index >= 15 is 0 Å². The van der Waals surface area contributed by atoms with Gasteiger partial charge in [-0.05, 0) is 42.3 Å². The van der Waals surface area contributed by atoms with Crippen LogP contribution in [0.25, 0.3) is 0 Å². The fourth-order valence-electron chi connectivity index (χ4n) is 2.75. The number of ether oxygens (including phenoxy) is 3. The molecule has 0 aromatic heterocycles. The molecule has 0 spiro atoms. The van der Waals surface area contributed by atoms with Crippen LogP contribution in [0.3, 0.4) is 0 Å². The zero-order chi connectivity index (χ0) is 18.9. The fourth-order valence-corrected chi connectivity index (χ4v) is 2.75. The summed E-state index contributed by atoms with van der Waals surface area (Å²) in [6.07, 6.45) is 0.905. The van der Waals surface area contributed by atoms with Crippen LogP contribution in [0.5, 0.6) is 17.2 Å². The van der Waals surface area contributed by atoms with Crippen LogP contribution in [-0.4, -0.2) is 32.8 Å². The normalized spacial score (nSPS) is 13.1. The zero-order valence-electron chi connectivity index (χ0n) is 16.4. The second-order valence-corrected chi connectivity index (χ2v) is 6.23. The van der Waals surface area contributed by atoms with E-state index in [1.807, 2.05) is 42.5 Å². The van der Waals surface area contributed by atoms with Gasteiger partial charge >= 0.3 is 0 Å². The lowest BCUT2D eigenvalue weighted by Gasteiger charge is -2.12. The minimum Gasteiger partial charge on any atom is -0.497 e. The molecule has 0 amide bonds. The van der Waals surface area contributed by atoms with Crippen molar-refractivity contribution in [2.75, 3.05) is 26.9 Å². The summed E-state index contributed by atoms with van der Waals surface area (Å²) < 4.78 is 16.6. The van der Waals surface area contributed by atoms with Gasteiger partial charge in [-0.2, -0.15) is 0 Å². The van der Waals surface area contributed by atoms with E-state index in [1.165, 1.54) is 0 Å². The quantitative estimate of drug-likeness (QED) is 0.362. The molecule has 2 aromatic rings. The summed E-state index contributed by atoms with van der Waals surface area (Å²) >= 11 is 0. The number of guanidine groups is 1. The standard InChI is InChI=1S/C21H27N3O3.HI/c1-3-22-21(23-14-16-5-8-18(25-2)9-6-16)24-15-17-7-10-19-20(13-17)27-12-4-11-26-19;/h5-10,13H,3-4,11-12,14-15H2,1-2H3,(H2,22,23,24);1H. The molecule has 152 valence electrons. The van der Waals surface area contributed by atoms with Crippen molar-refractivity contribution in [3.8, 4) is 17.2 Å². The minimum absolute atomic E-state index is 0. The third kappa shape index (κ3) is 6.47. The van der Waals surface area contributed by atoms with E-state index in [1.54, 1.807) is 7.11 Å². The van der Waals surface area contributed by atoms with Gasteiger partial charge in [0.05, 0.1) is 26.9 Å². The molecule has 0 saturated heterocycles. The van der Waals surface area contributed by atoms with Crippen LogP contribution in [0.4, 0.5) is 0 Å². The van der Waals surface area contributed by atoms with Gasteiger partial charge in [0.2, 0.25) is 0 Å². The second kappa shape index (κ2) is 11.6. The molecule has 0 unspecified atom stereocenters. The van der Waals surface area contributed by atoms with E-state index in [9.17, 15) is 0 Å². The molecule has 1 heterocycles. The number of hydrogen-bond donors (Lipinski definition) is 2. The van der Waals surface area contributed by atoms with Crippen LogP contribution in [0.1, 0.15) is 24.5 Å². The average molecular weight is 497 g/mol. The number of halogens is 1. The molecule has 0 fully saturated rings. The molecule has 1 aliphatic heterocycles. The summed E-state index contributed by atoms with van der Waals surface area (Å²) in [7, 11) is 1.67. The SMILES string of the molecule is CCNC(=NCc1ccc2c(c1)OCCCO2)NCc1ccc(OC)cc1.I. The Kier molecular flexibility index (Phi) is 9.19. The van der Waals surface area contributed by atoms with Crippen LogP contribution >= 0.6 is 24.0 Å². The van der Waals surface area contributed by atoms with Gasteiger partial charge in [-0.25, -0.2) is 4.99 Å². The number of benzene rings is 2. The maximum Gasteiger partial charge on any atom is 0.191 e. The fraction of sp³-hybridized carbons (Fsp3) is 0.381. The molecule has 0 bridgehead atoms. The molecular weight excluding hydrogens is 469 g/mol. The Morgan fingerprint density at radius 2 is 1.71 bits per heavy atom. The molecule has 28 heavy (non-hydrogen) atoms. The molecule has 6 nitrogen and oxygen atoms in total. The van der Waals surface area contributed by atoms with E-state index in [4.69, 9.17) is 14.2 Å². The van der Waals surface area contributed by atoms with Crippen LogP contribution in [0, 0.1) is 0 Å². The molecule has 0 aliphatic carbocycles. The summed E-state index contributed by atoms with van der Waals surface area (Å²) in [5.74, 6) is 3.25. The van der Waals surface area contributed by atoms with E-state index in [0.29, 0.717) is 26.3 Å². The Balaban J connectivity index is 0.00000280. The van der Waals surface area contributed by atoms with Gasteiger partial charge in [0.15, 0.2) is 17.5 Å². The lowest BCUT2D eigenvalue weighted by Crippen LogP contribution is -2.36. The van der Waals surface area contributed by atoms with Gasteiger partial charge in [-0.1, -0.05) is 18.2 Å². The van der Waals surface area contributed by atoms with E-state index in [-0.39, 0.29) is 24.0 Å². The van der Waals surface area contributed by atoms with Gasteiger partial charge in [0, 0.05) is 19.5 Å². The van der Waals surface area contributed by atoms with Crippen LogP contribution < -0.4 is 24.8 Å². The highest BCUT2D eigenvalue weighted by Crippen LogP contribution is 2.30. The zero-order valence-corrected chi connectivity index (χ0v) is 18.7. The highest BCUT2D eigenvalue weighted by molar-refractivity contribution is 14.0. The molecule has 2 N–H and O–H groups in total. The van der Waals surface area contributed by atoms with Crippen molar-refractivity contribution in [2.24, 2.45) is 4.99 Å². The number of hydrogen-bond acceptors (Lipinski definition) is 4. The highest BCUT2D eigenvalue weighted by Gasteiger charge is 2.10. The largest absolute Gasteiger partial charge is 0.497 e. The molecule has 0 saturated carbocycles. The number of fused-ring (bicyclic) bond motifs is 1. The van der Waals surface area contributed by atoms with Crippen molar-refractivity contribution in [3.63, 3.8) is 0 Å². The summed E-state index contributed by atoms with van der Waals surface area (Å²) in [5, 5.41) is 6.64. The number of nitrogens with zero attached hydrogens (tertiary/aromatic N) is 1. The smallest absolute Gasteiger partial charge is 0.191 e. The van der Waals surface area contributed by atoms with Gasteiger partial charge < -0.3 is 24.8 Å². The highest BCUT2D eigenvalue weighted by atomic mass is 127. The van der Waals surface area contributed by atoms with Gasteiger partial charge in [0.25, 0.3) is 0 Å². The second-order valence-electron chi connectivity index (χ2n) is 6.23. The molecule has 2 aromatic carbocycles. The Bertz CT molecular complexity index is 766. The van der Waals surface area contributed by atoms with Crippen molar-refractivity contribution in [2.45, 2.75) is 26.4 Å². The van der Waals surface area contributed by atoms with E-state index in [0.717, 1.165) is 47.3 Å². The molecule has 1 aliphatic rings. The summed E-state index contributed by atoms with van der Waals surface area (Å²) in [6, 6.07) is 14.0. The van der Waals surface area contributed by atoms with Gasteiger partial charge in [-0.3, -0.25) is 0 Å². The Morgan fingerprint density at radius 1 is 1.00 bits per heavy atom. The maximum atomic E-state index is 5.75. The summed E-state index contributed by atoms with van der Waals surface area (Å²) in [6.45, 7) is 5.50. The number of nitrogens with one attached hydrogen (secondary N) is 2. The Labute approximate surface area is 183 Å². The first-order chi connectivity index (χ1) is 13.3. The van der Waals surface area contributed by atoms with Crippen molar-refractivity contribution in [1.29, 1.82) is 0 Å². The Morgan fingerprint density at radius 3 is 2.43 bits per heavy atom. The lowest BCUT2D eigenvalue weighted by atomic mass is 10.2.